The largest absolute Gasteiger partial charge is 0.432 e. The molecule has 1 aromatic rings. The Bertz CT molecular complexity index is 1060. The number of nitrogens with zero attached hydrogens (tertiary/aromatic N) is 3. The molecule has 4 rings (SSSR count). The topological polar surface area (TPSA) is 133 Å². The minimum Gasteiger partial charge on any atom is -0.432 e. The van der Waals surface area contributed by atoms with Crippen molar-refractivity contribution < 1.29 is 29.2 Å². The van der Waals surface area contributed by atoms with Crippen molar-refractivity contribution in [1.82, 2.24) is 4.90 Å². The molecule has 35 heavy (non-hydrogen) atoms. The zero-order valence-corrected chi connectivity index (χ0v) is 21.3. The Morgan fingerprint density at radius 3 is 2.74 bits per heavy atom. The second kappa shape index (κ2) is 9.12. The fourth-order valence-electron chi connectivity index (χ4n) is 6.33. The third-order valence-electron chi connectivity index (χ3n) is 7.77. The summed E-state index contributed by atoms with van der Waals surface area (Å²) in [6.45, 7) is 9.70. The van der Waals surface area contributed by atoms with Crippen molar-refractivity contribution in [3.8, 4) is 0 Å². The molecule has 3 aliphatic rings. The van der Waals surface area contributed by atoms with Crippen LogP contribution in [0.15, 0.2) is 30.9 Å². The summed E-state index contributed by atoms with van der Waals surface area (Å²) in [7, 11) is -2.97. The molecule has 1 aromatic carbocycles. The first-order valence-electron chi connectivity index (χ1n) is 12.0. The molecule has 0 saturated carbocycles. The molecule has 10 nitrogen and oxygen atoms in total. The SMILES string of the molecule is C=CCN1C(=O)[C@@]2(O[C@@H](CC(=O)N3CCC[C@H]3CO)[C@H]([Si](C)(C)O)[C@H]2C)c2cc([N+](=O)[O-])ccc21. The molecule has 2 saturated heterocycles. The van der Waals surface area contributed by atoms with Gasteiger partial charge in [-0.25, -0.2) is 0 Å². The number of fused-ring (bicyclic) bond motifs is 2. The molecule has 0 unspecified atom stereocenters. The second-order valence-electron chi connectivity index (χ2n) is 10.3. The molecule has 0 aromatic heterocycles. The lowest BCUT2D eigenvalue weighted by Gasteiger charge is -2.32. The van der Waals surface area contributed by atoms with Gasteiger partial charge >= 0.3 is 0 Å². The van der Waals surface area contributed by atoms with Crippen LogP contribution < -0.4 is 4.90 Å². The predicted molar refractivity (Wildman–Crippen MR) is 131 cm³/mol. The summed E-state index contributed by atoms with van der Waals surface area (Å²) in [4.78, 5) is 52.6. The smallest absolute Gasteiger partial charge is 0.269 e. The zero-order chi connectivity index (χ0) is 25.7. The molecule has 0 radical (unpaired) electrons. The molecule has 11 heteroatoms. The van der Waals surface area contributed by atoms with Gasteiger partial charge in [0.05, 0.1) is 35.8 Å². The van der Waals surface area contributed by atoms with Gasteiger partial charge in [0, 0.05) is 42.2 Å². The van der Waals surface area contributed by atoms with Crippen molar-refractivity contribution in [2.24, 2.45) is 5.92 Å². The normalized spacial score (nSPS) is 30.3. The zero-order valence-electron chi connectivity index (χ0n) is 20.3. The number of benzene rings is 1. The lowest BCUT2D eigenvalue weighted by molar-refractivity contribution is -0.385. The number of carbonyl (C=O) groups excluding carboxylic acids is 2. The Morgan fingerprint density at radius 2 is 2.14 bits per heavy atom. The van der Waals surface area contributed by atoms with E-state index in [0.29, 0.717) is 17.8 Å². The number of aliphatic hydroxyl groups excluding tert-OH is 1. The monoisotopic (exact) mass is 503 g/mol. The van der Waals surface area contributed by atoms with Crippen LogP contribution in [-0.4, -0.2) is 71.7 Å². The van der Waals surface area contributed by atoms with Crippen molar-refractivity contribution >= 4 is 31.5 Å². The maximum atomic E-state index is 13.9. The number of likely N-dealkylation sites (tertiary alicyclic amines) is 1. The highest BCUT2D eigenvalue weighted by atomic mass is 28.4. The standard InChI is InChI=1S/C24H33N3O7Si/c1-5-10-26-19-9-8-16(27(31)32)12-18(19)24(23(26)30)15(2)22(35(3,4)33)20(34-24)13-21(29)25-11-6-7-17(25)14-28/h5,8-9,12,15,17,20,22,28,33H,1,6-7,10-11,13-14H2,2-4H3/t15-,17+,20+,22-,24+/m1/s1. The minimum absolute atomic E-state index is 0.0384. The summed E-state index contributed by atoms with van der Waals surface area (Å²) in [5.41, 5.74) is -1.28. The highest BCUT2D eigenvalue weighted by Crippen LogP contribution is 2.60. The van der Waals surface area contributed by atoms with Crippen LogP contribution in [0.4, 0.5) is 11.4 Å². The van der Waals surface area contributed by atoms with Crippen LogP contribution in [0.1, 0.15) is 31.7 Å². The van der Waals surface area contributed by atoms with Crippen molar-refractivity contribution in [3.63, 3.8) is 0 Å². The summed E-state index contributed by atoms with van der Waals surface area (Å²) < 4.78 is 6.53. The van der Waals surface area contributed by atoms with Crippen LogP contribution >= 0.6 is 0 Å². The molecular weight excluding hydrogens is 470 g/mol. The van der Waals surface area contributed by atoms with Gasteiger partial charge in [0.15, 0.2) is 13.9 Å². The average Bonchev–Trinajstić information content (AvgIpc) is 3.44. The van der Waals surface area contributed by atoms with Crippen LogP contribution in [0.3, 0.4) is 0 Å². The Labute approximate surface area is 205 Å². The van der Waals surface area contributed by atoms with Gasteiger partial charge in [0.2, 0.25) is 5.91 Å². The van der Waals surface area contributed by atoms with E-state index in [2.05, 4.69) is 6.58 Å². The first-order valence-corrected chi connectivity index (χ1v) is 15.0. The Balaban J connectivity index is 1.78. The van der Waals surface area contributed by atoms with E-state index in [-0.39, 0.29) is 43.1 Å². The molecular formula is C24H33N3O7Si. The first-order chi connectivity index (χ1) is 16.5. The maximum Gasteiger partial charge on any atom is 0.269 e. The number of hydrogen-bond acceptors (Lipinski definition) is 7. The molecule has 190 valence electrons. The predicted octanol–water partition coefficient (Wildman–Crippen LogP) is 2.30. The highest BCUT2D eigenvalue weighted by molar-refractivity contribution is 6.71. The van der Waals surface area contributed by atoms with Gasteiger partial charge < -0.3 is 24.4 Å². The number of amides is 2. The molecule has 2 N–H and O–H groups in total. The number of hydrogen-bond donors (Lipinski definition) is 2. The number of nitro groups is 1. The van der Waals surface area contributed by atoms with Crippen molar-refractivity contribution in [2.75, 3.05) is 24.6 Å². The lowest BCUT2D eigenvalue weighted by atomic mass is 9.82. The van der Waals surface area contributed by atoms with Gasteiger partial charge in [-0.15, -0.1) is 6.58 Å². The summed E-state index contributed by atoms with van der Waals surface area (Å²) >= 11 is 0. The lowest BCUT2D eigenvalue weighted by Crippen LogP contribution is -2.46. The molecule has 2 amide bonds. The molecule has 2 fully saturated rings. The number of anilines is 1. The van der Waals surface area contributed by atoms with Gasteiger partial charge in [0.25, 0.3) is 11.6 Å². The molecule has 5 atom stereocenters. The second-order valence-corrected chi connectivity index (χ2v) is 14.3. The number of aliphatic hydroxyl groups is 1. The van der Waals surface area contributed by atoms with Crippen molar-refractivity contribution in [2.45, 2.75) is 62.6 Å². The molecule has 3 aliphatic heterocycles. The fourth-order valence-corrected chi connectivity index (χ4v) is 8.89. The van der Waals surface area contributed by atoms with Gasteiger partial charge in [-0.1, -0.05) is 13.0 Å². The third kappa shape index (κ3) is 4.00. The highest BCUT2D eigenvalue weighted by Gasteiger charge is 2.66. The van der Waals surface area contributed by atoms with Crippen LogP contribution in [0.2, 0.25) is 18.6 Å². The number of ether oxygens (including phenoxy) is 1. The Morgan fingerprint density at radius 1 is 1.43 bits per heavy atom. The Hall–Kier alpha value is -2.60. The summed E-state index contributed by atoms with van der Waals surface area (Å²) in [5, 5.41) is 21.2. The number of carbonyl (C=O) groups is 2. The van der Waals surface area contributed by atoms with E-state index in [0.717, 1.165) is 12.8 Å². The Kier molecular flexibility index (Phi) is 6.64. The maximum absolute atomic E-state index is 13.9. The summed E-state index contributed by atoms with van der Waals surface area (Å²) in [6.07, 6.45) is 2.32. The van der Waals surface area contributed by atoms with E-state index in [1.807, 2.05) is 6.92 Å². The van der Waals surface area contributed by atoms with Crippen LogP contribution in [-0.2, 0) is 19.9 Å². The quantitative estimate of drug-likeness (QED) is 0.252. The van der Waals surface area contributed by atoms with Gasteiger partial charge in [-0.3, -0.25) is 19.7 Å². The number of nitro benzene ring substituents is 1. The minimum atomic E-state index is -2.97. The van der Waals surface area contributed by atoms with Crippen molar-refractivity contribution in [3.05, 3.63) is 46.5 Å². The number of rotatable bonds is 7. The van der Waals surface area contributed by atoms with Crippen LogP contribution in [0, 0.1) is 16.0 Å². The van der Waals surface area contributed by atoms with Gasteiger partial charge in [0.1, 0.15) is 0 Å². The molecule has 3 heterocycles. The first kappa shape index (κ1) is 25.5. The van der Waals surface area contributed by atoms with E-state index in [1.54, 1.807) is 30.1 Å². The van der Waals surface area contributed by atoms with Crippen LogP contribution in [0.5, 0.6) is 0 Å². The summed E-state index contributed by atoms with van der Waals surface area (Å²) in [6, 6.07) is 4.03. The summed E-state index contributed by atoms with van der Waals surface area (Å²) in [5.74, 6) is -1.08. The van der Waals surface area contributed by atoms with E-state index in [1.165, 1.54) is 17.0 Å². The molecule has 0 aliphatic carbocycles. The van der Waals surface area contributed by atoms with E-state index in [9.17, 15) is 29.6 Å². The van der Waals surface area contributed by atoms with Gasteiger partial charge in [-0.05, 0) is 32.0 Å². The van der Waals surface area contributed by atoms with Gasteiger partial charge in [-0.2, -0.15) is 0 Å². The van der Waals surface area contributed by atoms with Crippen LogP contribution in [0.25, 0.3) is 0 Å². The van der Waals surface area contributed by atoms with E-state index < -0.39 is 36.4 Å². The third-order valence-corrected chi connectivity index (χ3v) is 10.3. The number of non-ortho nitro benzene ring substituents is 1. The molecule has 1 spiro atoms. The van der Waals surface area contributed by atoms with E-state index in [4.69, 9.17) is 4.74 Å². The van der Waals surface area contributed by atoms with E-state index >= 15 is 0 Å². The van der Waals surface area contributed by atoms with Crippen molar-refractivity contribution in [1.29, 1.82) is 0 Å². The fraction of sp³-hybridized carbons (Fsp3) is 0.583. The molecule has 0 bridgehead atoms. The average molecular weight is 504 g/mol.